The molecule has 0 bridgehead atoms. The molecule has 0 aromatic heterocycles. The lowest BCUT2D eigenvalue weighted by Crippen LogP contribution is -2.52. The van der Waals surface area contributed by atoms with Crippen LogP contribution in [-0.2, 0) is 15.0 Å². The van der Waals surface area contributed by atoms with Gasteiger partial charge in [0, 0.05) is 18.6 Å². The van der Waals surface area contributed by atoms with Crippen molar-refractivity contribution in [3.05, 3.63) is 0 Å². The average Bonchev–Trinajstić information content (AvgIpc) is 2.86. The van der Waals surface area contributed by atoms with Crippen molar-refractivity contribution in [1.82, 2.24) is 9.03 Å². The minimum absolute atomic E-state index is 0.125. The SMILES string of the molecule is O=C(O)CC1(NS(=O)(=O)N2CCCC2)CCCC1. The third kappa shape index (κ3) is 3.02. The second kappa shape index (κ2) is 5.14. The van der Waals surface area contributed by atoms with Gasteiger partial charge in [0.2, 0.25) is 0 Å². The van der Waals surface area contributed by atoms with Crippen LogP contribution in [0.15, 0.2) is 0 Å². The van der Waals surface area contributed by atoms with Gasteiger partial charge in [0.15, 0.2) is 0 Å². The van der Waals surface area contributed by atoms with Crippen molar-refractivity contribution in [2.24, 2.45) is 0 Å². The third-order valence-electron chi connectivity index (χ3n) is 3.80. The summed E-state index contributed by atoms with van der Waals surface area (Å²) >= 11 is 0. The van der Waals surface area contributed by atoms with Gasteiger partial charge in [-0.2, -0.15) is 17.4 Å². The highest BCUT2D eigenvalue weighted by Gasteiger charge is 2.41. The maximum atomic E-state index is 12.2. The highest BCUT2D eigenvalue weighted by molar-refractivity contribution is 7.87. The standard InChI is InChI=1S/C11H20N2O4S/c14-10(15)9-11(5-1-2-6-11)12-18(16,17)13-7-3-4-8-13/h12H,1-9H2,(H,14,15). The van der Waals surface area contributed by atoms with Gasteiger partial charge in [0.05, 0.1) is 6.42 Å². The molecule has 0 aromatic rings. The van der Waals surface area contributed by atoms with Gasteiger partial charge in [-0.1, -0.05) is 12.8 Å². The van der Waals surface area contributed by atoms with E-state index in [0.717, 1.165) is 25.7 Å². The summed E-state index contributed by atoms with van der Waals surface area (Å²) in [5.74, 6) is -0.943. The fourth-order valence-corrected chi connectivity index (χ4v) is 4.61. The Morgan fingerprint density at radius 1 is 1.17 bits per heavy atom. The van der Waals surface area contributed by atoms with Crippen LogP contribution in [0.25, 0.3) is 0 Å². The fourth-order valence-electron chi connectivity index (χ4n) is 2.92. The lowest BCUT2D eigenvalue weighted by molar-refractivity contribution is -0.138. The van der Waals surface area contributed by atoms with E-state index in [2.05, 4.69) is 4.72 Å². The lowest BCUT2D eigenvalue weighted by atomic mass is 9.95. The third-order valence-corrected chi connectivity index (χ3v) is 5.54. The van der Waals surface area contributed by atoms with Crippen LogP contribution >= 0.6 is 0 Å². The summed E-state index contributed by atoms with van der Waals surface area (Å²) in [7, 11) is -3.53. The first-order valence-electron chi connectivity index (χ1n) is 6.44. The highest BCUT2D eigenvalue weighted by Crippen LogP contribution is 2.34. The molecule has 104 valence electrons. The van der Waals surface area contributed by atoms with Crippen molar-refractivity contribution in [3.8, 4) is 0 Å². The molecule has 0 amide bonds. The van der Waals surface area contributed by atoms with Gasteiger partial charge in [-0.15, -0.1) is 0 Å². The topological polar surface area (TPSA) is 86.7 Å². The van der Waals surface area contributed by atoms with Gasteiger partial charge < -0.3 is 5.11 Å². The van der Waals surface area contributed by atoms with Gasteiger partial charge >= 0.3 is 5.97 Å². The molecular formula is C11H20N2O4S. The van der Waals surface area contributed by atoms with Gasteiger partial charge in [-0.05, 0) is 25.7 Å². The van der Waals surface area contributed by atoms with Gasteiger partial charge in [0.25, 0.3) is 10.2 Å². The molecule has 2 aliphatic rings. The molecule has 0 spiro atoms. The quantitative estimate of drug-likeness (QED) is 0.774. The molecule has 7 heteroatoms. The van der Waals surface area contributed by atoms with Crippen LogP contribution in [0.4, 0.5) is 0 Å². The molecule has 0 atom stereocenters. The normalized spacial score (nSPS) is 24.4. The number of carboxylic acids is 1. The molecule has 2 N–H and O–H groups in total. The predicted octanol–water partition coefficient (Wildman–Crippen LogP) is 0.704. The average molecular weight is 276 g/mol. The molecule has 18 heavy (non-hydrogen) atoms. The van der Waals surface area contributed by atoms with Crippen molar-refractivity contribution < 1.29 is 18.3 Å². The number of nitrogens with zero attached hydrogens (tertiary/aromatic N) is 1. The second-order valence-corrected chi connectivity index (χ2v) is 6.94. The Morgan fingerprint density at radius 3 is 2.22 bits per heavy atom. The van der Waals surface area contributed by atoms with Crippen molar-refractivity contribution in [3.63, 3.8) is 0 Å². The van der Waals surface area contributed by atoms with Crippen LogP contribution in [0.2, 0.25) is 0 Å². The molecule has 0 unspecified atom stereocenters. The number of carboxylic acid groups (broad SMARTS) is 1. The first-order valence-corrected chi connectivity index (χ1v) is 7.88. The summed E-state index contributed by atoms with van der Waals surface area (Å²) in [5, 5.41) is 8.95. The number of hydrogen-bond donors (Lipinski definition) is 2. The summed E-state index contributed by atoms with van der Waals surface area (Å²) in [6.07, 6.45) is 4.64. The van der Waals surface area contributed by atoms with Crippen LogP contribution in [-0.4, -0.2) is 42.4 Å². The van der Waals surface area contributed by atoms with Gasteiger partial charge in [-0.25, -0.2) is 0 Å². The first-order chi connectivity index (χ1) is 8.44. The Labute approximate surface area is 108 Å². The van der Waals surface area contributed by atoms with Gasteiger partial charge in [0.1, 0.15) is 0 Å². The molecule has 1 saturated heterocycles. The molecule has 6 nitrogen and oxygen atoms in total. The number of nitrogens with one attached hydrogen (secondary N) is 1. The maximum Gasteiger partial charge on any atom is 0.305 e. The summed E-state index contributed by atoms with van der Waals surface area (Å²) in [6.45, 7) is 1.08. The molecular weight excluding hydrogens is 256 g/mol. The van der Waals surface area contributed by atoms with E-state index in [1.165, 1.54) is 4.31 Å². The Morgan fingerprint density at radius 2 is 1.72 bits per heavy atom. The van der Waals surface area contributed by atoms with E-state index in [1.54, 1.807) is 0 Å². The van der Waals surface area contributed by atoms with E-state index in [9.17, 15) is 13.2 Å². The zero-order chi connectivity index (χ0) is 13.2. The van der Waals surface area contributed by atoms with Crippen LogP contribution < -0.4 is 4.72 Å². The summed E-state index contributed by atoms with van der Waals surface area (Å²) < 4.78 is 28.5. The van der Waals surface area contributed by atoms with Crippen LogP contribution in [0.5, 0.6) is 0 Å². The Balaban J connectivity index is 2.10. The molecule has 1 saturated carbocycles. The van der Waals surface area contributed by atoms with E-state index >= 15 is 0 Å². The maximum absolute atomic E-state index is 12.2. The molecule has 2 rings (SSSR count). The molecule has 0 aromatic carbocycles. The molecule has 2 fully saturated rings. The number of carbonyl (C=O) groups is 1. The van der Waals surface area contributed by atoms with Gasteiger partial charge in [-0.3, -0.25) is 4.79 Å². The second-order valence-electron chi connectivity index (χ2n) is 5.27. The fraction of sp³-hybridized carbons (Fsp3) is 0.909. The number of hydrogen-bond acceptors (Lipinski definition) is 3. The zero-order valence-corrected chi connectivity index (χ0v) is 11.2. The van der Waals surface area contributed by atoms with Crippen molar-refractivity contribution in [2.75, 3.05) is 13.1 Å². The van der Waals surface area contributed by atoms with E-state index in [-0.39, 0.29) is 6.42 Å². The largest absolute Gasteiger partial charge is 0.481 e. The first kappa shape index (κ1) is 13.8. The van der Waals surface area contributed by atoms with Crippen molar-refractivity contribution in [1.29, 1.82) is 0 Å². The van der Waals surface area contributed by atoms with Crippen molar-refractivity contribution in [2.45, 2.75) is 50.5 Å². The summed E-state index contributed by atoms with van der Waals surface area (Å²) in [4.78, 5) is 10.9. The van der Waals surface area contributed by atoms with Crippen molar-refractivity contribution >= 4 is 16.2 Å². The molecule has 1 heterocycles. The number of aliphatic carboxylic acids is 1. The van der Waals surface area contributed by atoms with Crippen LogP contribution in [0.3, 0.4) is 0 Å². The Bertz CT molecular complexity index is 409. The minimum Gasteiger partial charge on any atom is -0.481 e. The van der Waals surface area contributed by atoms with E-state index in [1.807, 2.05) is 0 Å². The smallest absolute Gasteiger partial charge is 0.305 e. The number of rotatable bonds is 5. The minimum atomic E-state index is -3.53. The molecule has 1 aliphatic heterocycles. The molecule has 1 aliphatic carbocycles. The predicted molar refractivity (Wildman–Crippen MR) is 66.3 cm³/mol. The van der Waals surface area contributed by atoms with E-state index in [4.69, 9.17) is 5.11 Å². The summed E-state index contributed by atoms with van der Waals surface area (Å²) in [5.41, 5.74) is -0.771. The highest BCUT2D eigenvalue weighted by atomic mass is 32.2. The molecule has 0 radical (unpaired) electrons. The van der Waals surface area contributed by atoms with E-state index in [0.29, 0.717) is 25.9 Å². The summed E-state index contributed by atoms with van der Waals surface area (Å²) in [6, 6.07) is 0. The Hall–Kier alpha value is -0.660. The van der Waals surface area contributed by atoms with E-state index < -0.39 is 21.7 Å². The van der Waals surface area contributed by atoms with Crippen LogP contribution in [0, 0.1) is 0 Å². The lowest BCUT2D eigenvalue weighted by Gasteiger charge is -2.30. The monoisotopic (exact) mass is 276 g/mol. The zero-order valence-electron chi connectivity index (χ0n) is 10.4. The van der Waals surface area contributed by atoms with Crippen LogP contribution in [0.1, 0.15) is 44.9 Å². The Kier molecular flexibility index (Phi) is 3.93.